The van der Waals surface area contributed by atoms with E-state index in [9.17, 15) is 5.11 Å². The van der Waals surface area contributed by atoms with Crippen LogP contribution in [0.1, 0.15) is 11.1 Å². The fourth-order valence-corrected chi connectivity index (χ4v) is 2.07. The van der Waals surface area contributed by atoms with Gasteiger partial charge in [0.15, 0.2) is 0 Å². The molecular weight excluding hydrogens is 271 g/mol. The van der Waals surface area contributed by atoms with Crippen LogP contribution in [0.25, 0.3) is 0 Å². The molecule has 0 aliphatic rings. The predicted octanol–water partition coefficient (Wildman–Crippen LogP) is 4.59. The maximum Gasteiger partial charge on any atom is 0.123 e. The van der Waals surface area contributed by atoms with Gasteiger partial charge in [-0.1, -0.05) is 29.3 Å². The lowest BCUT2D eigenvalue weighted by Crippen LogP contribution is -1.96. The Labute approximate surface area is 116 Å². The summed E-state index contributed by atoms with van der Waals surface area (Å²) in [5.41, 5.74) is 1.79. The lowest BCUT2D eigenvalue weighted by molar-refractivity contribution is 0.304. The summed E-state index contributed by atoms with van der Waals surface area (Å²) in [4.78, 5) is 0. The van der Waals surface area contributed by atoms with Crippen LogP contribution in [-0.2, 0) is 6.61 Å². The zero-order valence-corrected chi connectivity index (χ0v) is 11.3. The maximum atomic E-state index is 9.46. The van der Waals surface area contributed by atoms with Gasteiger partial charge in [0.25, 0.3) is 0 Å². The third-order valence-corrected chi connectivity index (χ3v) is 3.03. The van der Waals surface area contributed by atoms with Crippen molar-refractivity contribution in [1.29, 1.82) is 0 Å². The molecule has 0 aliphatic heterocycles. The van der Waals surface area contributed by atoms with Crippen molar-refractivity contribution in [2.45, 2.75) is 13.5 Å². The Morgan fingerprint density at radius 1 is 1.11 bits per heavy atom. The molecule has 94 valence electrons. The van der Waals surface area contributed by atoms with E-state index in [4.69, 9.17) is 27.9 Å². The van der Waals surface area contributed by atoms with Crippen molar-refractivity contribution in [3.63, 3.8) is 0 Å². The minimum absolute atomic E-state index is 0.187. The molecule has 1 N–H and O–H groups in total. The SMILES string of the molecule is Cc1cc(O)cc(OCc2ccc(Cl)cc2Cl)c1. The number of hydrogen-bond donors (Lipinski definition) is 1. The second-order valence-electron chi connectivity index (χ2n) is 4.03. The molecule has 0 fully saturated rings. The molecule has 0 saturated heterocycles. The van der Waals surface area contributed by atoms with Gasteiger partial charge in [0.05, 0.1) is 0 Å². The van der Waals surface area contributed by atoms with Crippen LogP contribution in [0.15, 0.2) is 36.4 Å². The number of aryl methyl sites for hydroxylation is 1. The Kier molecular flexibility index (Phi) is 4.00. The number of rotatable bonds is 3. The molecule has 0 unspecified atom stereocenters. The Morgan fingerprint density at radius 3 is 2.56 bits per heavy atom. The second kappa shape index (κ2) is 5.51. The number of phenols is 1. The highest BCUT2D eigenvalue weighted by molar-refractivity contribution is 6.35. The molecule has 0 bridgehead atoms. The molecule has 0 heterocycles. The van der Waals surface area contributed by atoms with Gasteiger partial charge in [-0.2, -0.15) is 0 Å². The van der Waals surface area contributed by atoms with E-state index in [2.05, 4.69) is 0 Å². The van der Waals surface area contributed by atoms with Gasteiger partial charge in [0, 0.05) is 21.7 Å². The smallest absolute Gasteiger partial charge is 0.123 e. The van der Waals surface area contributed by atoms with Crippen LogP contribution in [0.4, 0.5) is 0 Å². The highest BCUT2D eigenvalue weighted by atomic mass is 35.5. The second-order valence-corrected chi connectivity index (χ2v) is 4.87. The van der Waals surface area contributed by atoms with Gasteiger partial charge >= 0.3 is 0 Å². The van der Waals surface area contributed by atoms with Crippen LogP contribution in [0.5, 0.6) is 11.5 Å². The molecular formula is C14H12Cl2O2. The zero-order valence-electron chi connectivity index (χ0n) is 9.78. The summed E-state index contributed by atoms with van der Waals surface area (Å²) in [6.07, 6.45) is 0. The Bertz CT molecular complexity index is 547. The van der Waals surface area contributed by atoms with Crippen molar-refractivity contribution < 1.29 is 9.84 Å². The van der Waals surface area contributed by atoms with E-state index in [1.54, 1.807) is 24.3 Å². The summed E-state index contributed by atoms with van der Waals surface area (Å²) < 4.78 is 5.59. The summed E-state index contributed by atoms with van der Waals surface area (Å²) in [6, 6.07) is 10.3. The molecule has 0 aliphatic carbocycles. The highest BCUT2D eigenvalue weighted by Crippen LogP contribution is 2.25. The molecule has 18 heavy (non-hydrogen) atoms. The molecule has 2 rings (SSSR count). The van der Waals surface area contributed by atoms with Gasteiger partial charge in [-0.25, -0.2) is 0 Å². The third kappa shape index (κ3) is 3.31. The standard InChI is InChI=1S/C14H12Cl2O2/c1-9-4-12(17)7-13(5-9)18-8-10-2-3-11(15)6-14(10)16/h2-7,17H,8H2,1H3. The topological polar surface area (TPSA) is 29.5 Å². The molecule has 0 saturated carbocycles. The summed E-state index contributed by atoms with van der Waals surface area (Å²) >= 11 is 11.9. The first-order chi connectivity index (χ1) is 8.54. The number of aromatic hydroxyl groups is 1. The average molecular weight is 283 g/mol. The molecule has 2 aromatic rings. The Balaban J connectivity index is 2.11. The van der Waals surface area contributed by atoms with E-state index >= 15 is 0 Å². The van der Waals surface area contributed by atoms with Gasteiger partial charge < -0.3 is 9.84 Å². The van der Waals surface area contributed by atoms with Crippen molar-refractivity contribution in [3.05, 3.63) is 57.6 Å². The maximum absolute atomic E-state index is 9.46. The van der Waals surface area contributed by atoms with Crippen molar-refractivity contribution in [2.75, 3.05) is 0 Å². The van der Waals surface area contributed by atoms with E-state index in [-0.39, 0.29) is 5.75 Å². The molecule has 0 radical (unpaired) electrons. The van der Waals surface area contributed by atoms with Crippen molar-refractivity contribution >= 4 is 23.2 Å². The molecule has 0 amide bonds. The minimum atomic E-state index is 0.187. The van der Waals surface area contributed by atoms with Gasteiger partial charge in [0.2, 0.25) is 0 Å². The van der Waals surface area contributed by atoms with Gasteiger partial charge in [0.1, 0.15) is 18.1 Å². The van der Waals surface area contributed by atoms with Crippen LogP contribution in [-0.4, -0.2) is 5.11 Å². The van der Waals surface area contributed by atoms with E-state index in [0.717, 1.165) is 11.1 Å². The molecule has 0 atom stereocenters. The fraction of sp³-hybridized carbons (Fsp3) is 0.143. The highest BCUT2D eigenvalue weighted by Gasteiger charge is 2.03. The first-order valence-corrected chi connectivity index (χ1v) is 6.17. The largest absolute Gasteiger partial charge is 0.508 e. The van der Waals surface area contributed by atoms with E-state index in [1.807, 2.05) is 19.1 Å². The zero-order chi connectivity index (χ0) is 13.1. The Morgan fingerprint density at radius 2 is 1.89 bits per heavy atom. The molecule has 4 heteroatoms. The predicted molar refractivity (Wildman–Crippen MR) is 73.6 cm³/mol. The lowest BCUT2D eigenvalue weighted by Gasteiger charge is -2.09. The van der Waals surface area contributed by atoms with E-state index in [0.29, 0.717) is 22.4 Å². The summed E-state index contributed by atoms with van der Waals surface area (Å²) in [7, 11) is 0. The summed E-state index contributed by atoms with van der Waals surface area (Å²) in [5.74, 6) is 0.797. The number of benzene rings is 2. The number of hydrogen-bond acceptors (Lipinski definition) is 2. The normalized spacial score (nSPS) is 10.4. The van der Waals surface area contributed by atoms with Gasteiger partial charge in [-0.15, -0.1) is 0 Å². The van der Waals surface area contributed by atoms with Crippen LogP contribution < -0.4 is 4.74 Å². The molecule has 2 nitrogen and oxygen atoms in total. The fourth-order valence-electron chi connectivity index (χ4n) is 1.61. The van der Waals surface area contributed by atoms with Gasteiger partial charge in [-0.05, 0) is 36.8 Å². The minimum Gasteiger partial charge on any atom is -0.508 e. The quantitative estimate of drug-likeness (QED) is 0.893. The summed E-state index contributed by atoms with van der Waals surface area (Å²) in [5, 5.41) is 10.6. The number of ether oxygens (including phenoxy) is 1. The summed E-state index contributed by atoms with van der Waals surface area (Å²) in [6.45, 7) is 2.22. The lowest BCUT2D eigenvalue weighted by atomic mass is 10.2. The number of halogens is 2. The molecule has 2 aromatic carbocycles. The molecule has 0 spiro atoms. The van der Waals surface area contributed by atoms with Crippen LogP contribution in [0.3, 0.4) is 0 Å². The first kappa shape index (κ1) is 13.1. The van der Waals surface area contributed by atoms with Crippen LogP contribution in [0, 0.1) is 6.92 Å². The molecule has 0 aromatic heterocycles. The van der Waals surface area contributed by atoms with E-state index in [1.165, 1.54) is 0 Å². The monoisotopic (exact) mass is 282 g/mol. The number of phenolic OH excluding ortho intramolecular Hbond substituents is 1. The van der Waals surface area contributed by atoms with E-state index < -0.39 is 0 Å². The van der Waals surface area contributed by atoms with Crippen molar-refractivity contribution in [1.82, 2.24) is 0 Å². The van der Waals surface area contributed by atoms with Crippen LogP contribution in [0.2, 0.25) is 10.0 Å². The Hall–Kier alpha value is -1.38. The van der Waals surface area contributed by atoms with Crippen molar-refractivity contribution in [2.24, 2.45) is 0 Å². The first-order valence-electron chi connectivity index (χ1n) is 5.42. The van der Waals surface area contributed by atoms with Crippen LogP contribution >= 0.6 is 23.2 Å². The van der Waals surface area contributed by atoms with Crippen molar-refractivity contribution in [3.8, 4) is 11.5 Å². The third-order valence-electron chi connectivity index (χ3n) is 2.45. The van der Waals surface area contributed by atoms with Gasteiger partial charge in [-0.3, -0.25) is 0 Å². The average Bonchev–Trinajstić information content (AvgIpc) is 2.26.